The SMILES string of the molecule is CCNC(=NCc1ccc(C(N)=O)o1)N1CCN(CC(=O)NC(C)C)CC1.I. The molecule has 28 heavy (non-hydrogen) atoms. The molecule has 0 aliphatic carbocycles. The number of hydrogen-bond donors (Lipinski definition) is 3. The number of carbonyl (C=O) groups excluding carboxylic acids is 2. The molecule has 10 heteroatoms. The first-order chi connectivity index (χ1) is 12.9. The van der Waals surface area contributed by atoms with Gasteiger partial charge in [0, 0.05) is 38.8 Å². The van der Waals surface area contributed by atoms with E-state index in [4.69, 9.17) is 10.2 Å². The van der Waals surface area contributed by atoms with E-state index in [9.17, 15) is 9.59 Å². The Kier molecular flexibility index (Phi) is 10.3. The smallest absolute Gasteiger partial charge is 0.284 e. The molecule has 2 amide bonds. The number of hydrogen-bond acceptors (Lipinski definition) is 5. The Labute approximate surface area is 183 Å². The number of guanidine groups is 1. The second kappa shape index (κ2) is 11.9. The van der Waals surface area contributed by atoms with E-state index in [1.54, 1.807) is 12.1 Å². The number of piperazine rings is 1. The lowest BCUT2D eigenvalue weighted by atomic mass is 10.3. The second-order valence-electron chi connectivity index (χ2n) is 6.79. The van der Waals surface area contributed by atoms with E-state index in [0.29, 0.717) is 18.8 Å². The zero-order valence-electron chi connectivity index (χ0n) is 16.7. The summed E-state index contributed by atoms with van der Waals surface area (Å²) >= 11 is 0. The largest absolute Gasteiger partial charge is 0.454 e. The van der Waals surface area contributed by atoms with Crippen LogP contribution in [0.4, 0.5) is 0 Å². The molecular weight excluding hydrogens is 475 g/mol. The Morgan fingerprint density at radius 1 is 1.25 bits per heavy atom. The van der Waals surface area contributed by atoms with Crippen molar-refractivity contribution in [3.05, 3.63) is 23.7 Å². The number of nitrogens with two attached hydrogens (primary N) is 1. The maximum atomic E-state index is 11.9. The van der Waals surface area contributed by atoms with Crippen LogP contribution >= 0.6 is 24.0 Å². The molecule has 1 aromatic rings. The van der Waals surface area contributed by atoms with Gasteiger partial charge in [0.2, 0.25) is 5.91 Å². The summed E-state index contributed by atoms with van der Waals surface area (Å²) in [6, 6.07) is 3.42. The van der Waals surface area contributed by atoms with Gasteiger partial charge < -0.3 is 25.7 Å². The number of carbonyl (C=O) groups is 2. The summed E-state index contributed by atoms with van der Waals surface area (Å²) in [5.41, 5.74) is 5.20. The van der Waals surface area contributed by atoms with E-state index in [1.165, 1.54) is 0 Å². The van der Waals surface area contributed by atoms with Gasteiger partial charge in [-0.1, -0.05) is 0 Å². The van der Waals surface area contributed by atoms with E-state index < -0.39 is 5.91 Å². The van der Waals surface area contributed by atoms with Gasteiger partial charge in [-0.3, -0.25) is 14.5 Å². The van der Waals surface area contributed by atoms with Gasteiger partial charge in [0.15, 0.2) is 11.7 Å². The van der Waals surface area contributed by atoms with Gasteiger partial charge in [-0.2, -0.15) is 0 Å². The minimum absolute atomic E-state index is 0. The lowest BCUT2D eigenvalue weighted by molar-refractivity contribution is -0.123. The van der Waals surface area contributed by atoms with Crippen molar-refractivity contribution in [1.29, 1.82) is 0 Å². The summed E-state index contributed by atoms with van der Waals surface area (Å²) in [6.45, 7) is 10.6. The molecular formula is C18H31IN6O3. The summed E-state index contributed by atoms with van der Waals surface area (Å²) in [5.74, 6) is 0.986. The summed E-state index contributed by atoms with van der Waals surface area (Å²) in [4.78, 5) is 31.9. The zero-order valence-corrected chi connectivity index (χ0v) is 19.1. The third-order valence-corrected chi connectivity index (χ3v) is 4.11. The Balaban J connectivity index is 0.00000392. The standard InChI is InChI=1S/C18H30N6O3.HI/c1-4-20-18(21-11-14-5-6-15(27-14)17(19)26)24-9-7-23(8-10-24)12-16(25)22-13(2)3;/h5-6,13H,4,7-12H2,1-3H3,(H2,19,26)(H,20,21)(H,22,25);1H. The fourth-order valence-electron chi connectivity index (χ4n) is 2.86. The molecule has 0 saturated carbocycles. The molecule has 1 fully saturated rings. The Morgan fingerprint density at radius 3 is 2.46 bits per heavy atom. The van der Waals surface area contributed by atoms with Crippen molar-refractivity contribution < 1.29 is 14.0 Å². The lowest BCUT2D eigenvalue weighted by Gasteiger charge is -2.36. The number of aliphatic imine (C=N–C) groups is 1. The summed E-state index contributed by atoms with van der Waals surface area (Å²) in [6.07, 6.45) is 0. The number of amides is 2. The van der Waals surface area contributed by atoms with Crippen LogP contribution in [0.1, 0.15) is 37.1 Å². The normalized spacial score (nSPS) is 15.3. The maximum Gasteiger partial charge on any atom is 0.284 e. The second-order valence-corrected chi connectivity index (χ2v) is 6.79. The number of furan rings is 1. The average Bonchev–Trinajstić information content (AvgIpc) is 3.08. The Morgan fingerprint density at radius 2 is 1.93 bits per heavy atom. The summed E-state index contributed by atoms with van der Waals surface area (Å²) in [7, 11) is 0. The number of nitrogens with zero attached hydrogens (tertiary/aromatic N) is 3. The number of nitrogens with one attached hydrogen (secondary N) is 2. The van der Waals surface area contributed by atoms with Crippen molar-refractivity contribution in [3.8, 4) is 0 Å². The van der Waals surface area contributed by atoms with Crippen molar-refractivity contribution in [1.82, 2.24) is 20.4 Å². The molecule has 2 heterocycles. The van der Waals surface area contributed by atoms with Crippen LogP contribution in [0.5, 0.6) is 0 Å². The fourth-order valence-corrected chi connectivity index (χ4v) is 2.86. The maximum absolute atomic E-state index is 11.9. The fraction of sp³-hybridized carbons (Fsp3) is 0.611. The van der Waals surface area contributed by atoms with E-state index in [-0.39, 0.29) is 41.7 Å². The lowest BCUT2D eigenvalue weighted by Crippen LogP contribution is -2.54. The van der Waals surface area contributed by atoms with Crippen LogP contribution in [0, 0.1) is 0 Å². The first-order valence-corrected chi connectivity index (χ1v) is 9.32. The van der Waals surface area contributed by atoms with Crippen molar-refractivity contribution >= 4 is 41.8 Å². The minimum atomic E-state index is -0.588. The predicted molar refractivity (Wildman–Crippen MR) is 119 cm³/mol. The summed E-state index contributed by atoms with van der Waals surface area (Å²) < 4.78 is 5.37. The molecule has 2 rings (SSSR count). The average molecular weight is 506 g/mol. The molecule has 1 aromatic heterocycles. The predicted octanol–water partition coefficient (Wildman–Crippen LogP) is 0.604. The molecule has 9 nitrogen and oxygen atoms in total. The molecule has 1 aliphatic heterocycles. The third kappa shape index (κ3) is 7.66. The monoisotopic (exact) mass is 506 g/mol. The highest BCUT2D eigenvalue weighted by Gasteiger charge is 2.21. The minimum Gasteiger partial charge on any atom is -0.454 e. The molecule has 0 unspecified atom stereocenters. The van der Waals surface area contributed by atoms with Gasteiger partial charge in [-0.25, -0.2) is 4.99 Å². The highest BCUT2D eigenvalue weighted by atomic mass is 127. The molecule has 1 saturated heterocycles. The highest BCUT2D eigenvalue weighted by molar-refractivity contribution is 14.0. The van der Waals surface area contributed by atoms with Gasteiger partial charge in [0.05, 0.1) is 6.54 Å². The van der Waals surface area contributed by atoms with Gasteiger partial charge in [0.25, 0.3) is 5.91 Å². The van der Waals surface area contributed by atoms with E-state index in [0.717, 1.165) is 38.7 Å². The molecule has 0 radical (unpaired) electrons. The van der Waals surface area contributed by atoms with Gasteiger partial charge in [0.1, 0.15) is 12.3 Å². The number of primary amides is 1. The van der Waals surface area contributed by atoms with E-state index in [1.807, 2.05) is 20.8 Å². The quantitative estimate of drug-likeness (QED) is 0.284. The molecule has 4 N–H and O–H groups in total. The van der Waals surface area contributed by atoms with Crippen molar-refractivity contribution in [2.24, 2.45) is 10.7 Å². The van der Waals surface area contributed by atoms with Gasteiger partial charge in [-0.15, -0.1) is 24.0 Å². The van der Waals surface area contributed by atoms with Crippen LogP contribution < -0.4 is 16.4 Å². The van der Waals surface area contributed by atoms with Crippen LogP contribution in [0.25, 0.3) is 0 Å². The van der Waals surface area contributed by atoms with E-state index in [2.05, 4.69) is 25.4 Å². The first-order valence-electron chi connectivity index (χ1n) is 9.32. The Hall–Kier alpha value is -1.82. The molecule has 0 spiro atoms. The number of rotatable bonds is 7. The molecule has 0 bridgehead atoms. The summed E-state index contributed by atoms with van der Waals surface area (Å²) in [5, 5.41) is 6.20. The van der Waals surface area contributed by atoms with Gasteiger partial charge in [-0.05, 0) is 32.9 Å². The Bertz CT molecular complexity index is 668. The zero-order chi connectivity index (χ0) is 19.8. The van der Waals surface area contributed by atoms with Crippen LogP contribution in [0.3, 0.4) is 0 Å². The number of halogens is 1. The molecule has 0 atom stereocenters. The van der Waals surface area contributed by atoms with Crippen molar-refractivity contribution in [3.63, 3.8) is 0 Å². The molecule has 0 aromatic carbocycles. The molecule has 1 aliphatic rings. The van der Waals surface area contributed by atoms with Crippen LogP contribution in [-0.4, -0.2) is 72.9 Å². The van der Waals surface area contributed by atoms with Crippen LogP contribution in [-0.2, 0) is 11.3 Å². The van der Waals surface area contributed by atoms with E-state index >= 15 is 0 Å². The van der Waals surface area contributed by atoms with Crippen molar-refractivity contribution in [2.45, 2.75) is 33.4 Å². The highest BCUT2D eigenvalue weighted by Crippen LogP contribution is 2.09. The topological polar surface area (TPSA) is 116 Å². The van der Waals surface area contributed by atoms with Gasteiger partial charge >= 0.3 is 0 Å². The third-order valence-electron chi connectivity index (χ3n) is 4.11. The van der Waals surface area contributed by atoms with Crippen LogP contribution in [0.15, 0.2) is 21.5 Å². The molecule has 158 valence electrons. The van der Waals surface area contributed by atoms with Crippen LogP contribution in [0.2, 0.25) is 0 Å². The van der Waals surface area contributed by atoms with Crippen molar-refractivity contribution in [2.75, 3.05) is 39.3 Å². The first kappa shape index (κ1) is 24.2.